The molecule has 14 heavy (non-hydrogen) atoms. The zero-order valence-electron chi connectivity index (χ0n) is 9.68. The van der Waals surface area contributed by atoms with E-state index in [4.69, 9.17) is 4.74 Å². The minimum Gasteiger partial charge on any atom is -0.444 e. The molecule has 0 bridgehead atoms. The van der Waals surface area contributed by atoms with Crippen molar-refractivity contribution < 1.29 is 9.53 Å². The van der Waals surface area contributed by atoms with E-state index in [-0.39, 0.29) is 11.6 Å². The Kier molecular flexibility index (Phi) is 2.76. The summed E-state index contributed by atoms with van der Waals surface area (Å²) in [5.74, 6) is 0. The van der Waals surface area contributed by atoms with Crippen molar-refractivity contribution in [2.75, 3.05) is 20.1 Å². The third-order valence-corrected chi connectivity index (χ3v) is 2.49. The first kappa shape index (κ1) is 11.3. The van der Waals surface area contributed by atoms with Crippen LogP contribution in [0, 0.1) is 0 Å². The van der Waals surface area contributed by atoms with Crippen molar-refractivity contribution in [2.45, 2.75) is 38.8 Å². The maximum Gasteiger partial charge on any atom is 0.410 e. The van der Waals surface area contributed by atoms with Crippen LogP contribution in [0.5, 0.6) is 0 Å². The highest BCUT2D eigenvalue weighted by Crippen LogP contribution is 2.20. The first-order chi connectivity index (χ1) is 6.25. The number of hydrogen-bond donors (Lipinski definition) is 1. The van der Waals surface area contributed by atoms with Crippen LogP contribution in [0.25, 0.3) is 0 Å². The van der Waals surface area contributed by atoms with E-state index >= 15 is 0 Å². The van der Waals surface area contributed by atoms with Gasteiger partial charge in [-0.1, -0.05) is 0 Å². The van der Waals surface area contributed by atoms with Crippen molar-refractivity contribution in [2.24, 2.45) is 0 Å². The van der Waals surface area contributed by atoms with Gasteiger partial charge in [0.1, 0.15) is 5.60 Å². The number of likely N-dealkylation sites (N-methyl/N-ethyl adjacent to an activating group) is 1. The normalized spacial score (nSPS) is 19.8. The van der Waals surface area contributed by atoms with Crippen molar-refractivity contribution in [3.8, 4) is 0 Å². The standard InChI is InChI=1S/C10H20N2O2/c1-9(2,3)14-8(13)12(5)10(4)6-11-7-10/h11H,6-7H2,1-5H3. The van der Waals surface area contributed by atoms with Crippen LogP contribution in [0.3, 0.4) is 0 Å². The summed E-state index contributed by atoms with van der Waals surface area (Å²) in [5.41, 5.74) is -0.499. The Morgan fingerprint density at radius 1 is 1.43 bits per heavy atom. The highest BCUT2D eigenvalue weighted by Gasteiger charge is 2.39. The zero-order valence-corrected chi connectivity index (χ0v) is 9.68. The van der Waals surface area contributed by atoms with Crippen LogP contribution in [0.2, 0.25) is 0 Å². The van der Waals surface area contributed by atoms with E-state index in [2.05, 4.69) is 5.32 Å². The SMILES string of the molecule is CN(C(=O)OC(C)(C)C)C1(C)CNC1. The number of carbonyl (C=O) groups excluding carboxylic acids is 1. The minimum atomic E-state index is -0.418. The van der Waals surface area contributed by atoms with E-state index < -0.39 is 5.60 Å². The van der Waals surface area contributed by atoms with Crippen LogP contribution < -0.4 is 5.32 Å². The Hall–Kier alpha value is -0.770. The third-order valence-electron chi connectivity index (χ3n) is 2.49. The summed E-state index contributed by atoms with van der Waals surface area (Å²) in [6.45, 7) is 9.35. The summed E-state index contributed by atoms with van der Waals surface area (Å²) in [6.07, 6.45) is -0.249. The molecule has 0 saturated carbocycles. The van der Waals surface area contributed by atoms with E-state index in [1.165, 1.54) is 0 Å². The number of ether oxygens (including phenoxy) is 1. The number of rotatable bonds is 1. The lowest BCUT2D eigenvalue weighted by atomic mass is 9.94. The summed E-state index contributed by atoms with van der Waals surface area (Å²) >= 11 is 0. The Morgan fingerprint density at radius 2 is 1.93 bits per heavy atom. The summed E-state index contributed by atoms with van der Waals surface area (Å²) < 4.78 is 5.28. The van der Waals surface area contributed by atoms with Crippen LogP contribution in [0.1, 0.15) is 27.7 Å². The Bertz CT molecular complexity index is 229. The molecule has 82 valence electrons. The van der Waals surface area contributed by atoms with Gasteiger partial charge in [0.05, 0.1) is 5.54 Å². The second kappa shape index (κ2) is 3.42. The van der Waals surface area contributed by atoms with Gasteiger partial charge in [-0.3, -0.25) is 0 Å². The van der Waals surface area contributed by atoms with E-state index in [0.29, 0.717) is 0 Å². The van der Waals surface area contributed by atoms with Crippen LogP contribution in [0.15, 0.2) is 0 Å². The summed E-state index contributed by atoms with van der Waals surface area (Å²) in [5, 5.41) is 3.15. The number of carbonyl (C=O) groups is 1. The molecule has 0 spiro atoms. The van der Waals surface area contributed by atoms with E-state index in [1.54, 1.807) is 11.9 Å². The second-order valence-electron chi connectivity index (χ2n) is 5.14. The van der Waals surface area contributed by atoms with Crippen LogP contribution in [-0.4, -0.2) is 42.3 Å². The molecule has 0 aromatic heterocycles. The molecule has 4 nitrogen and oxygen atoms in total. The van der Waals surface area contributed by atoms with Gasteiger partial charge in [-0.2, -0.15) is 0 Å². The molecule has 1 N–H and O–H groups in total. The van der Waals surface area contributed by atoms with E-state index in [1.807, 2.05) is 27.7 Å². The summed E-state index contributed by atoms with van der Waals surface area (Å²) in [7, 11) is 1.79. The minimum absolute atomic E-state index is 0.0810. The van der Waals surface area contributed by atoms with Crippen LogP contribution >= 0.6 is 0 Å². The molecule has 0 radical (unpaired) electrons. The molecule has 1 saturated heterocycles. The highest BCUT2D eigenvalue weighted by molar-refractivity contribution is 5.69. The van der Waals surface area contributed by atoms with Gasteiger partial charge in [-0.25, -0.2) is 4.79 Å². The summed E-state index contributed by atoms with van der Waals surface area (Å²) in [6, 6.07) is 0. The molecular weight excluding hydrogens is 180 g/mol. The van der Waals surface area contributed by atoms with Gasteiger partial charge >= 0.3 is 6.09 Å². The number of nitrogens with one attached hydrogen (secondary N) is 1. The lowest BCUT2D eigenvalue weighted by Crippen LogP contribution is -2.67. The molecule has 1 rings (SSSR count). The van der Waals surface area contributed by atoms with E-state index in [0.717, 1.165) is 13.1 Å². The van der Waals surface area contributed by atoms with Gasteiger partial charge in [0.2, 0.25) is 0 Å². The molecule has 0 aliphatic carbocycles. The molecule has 1 amide bonds. The molecule has 1 fully saturated rings. The number of hydrogen-bond acceptors (Lipinski definition) is 3. The van der Waals surface area contributed by atoms with Gasteiger partial charge in [0, 0.05) is 20.1 Å². The van der Waals surface area contributed by atoms with Crippen molar-refractivity contribution in [1.29, 1.82) is 0 Å². The predicted molar refractivity (Wildman–Crippen MR) is 55.3 cm³/mol. The van der Waals surface area contributed by atoms with Crippen molar-refractivity contribution in [1.82, 2.24) is 10.2 Å². The summed E-state index contributed by atoms with van der Waals surface area (Å²) in [4.78, 5) is 13.3. The number of amides is 1. The molecule has 4 heteroatoms. The van der Waals surface area contributed by atoms with Crippen molar-refractivity contribution in [3.63, 3.8) is 0 Å². The Morgan fingerprint density at radius 3 is 2.21 bits per heavy atom. The van der Waals surface area contributed by atoms with Gasteiger partial charge in [-0.05, 0) is 27.7 Å². The predicted octanol–water partition coefficient (Wildman–Crippen LogP) is 1.22. The molecule has 1 aliphatic rings. The topological polar surface area (TPSA) is 41.6 Å². The fraction of sp³-hybridized carbons (Fsp3) is 0.900. The molecule has 0 unspecified atom stereocenters. The first-order valence-electron chi connectivity index (χ1n) is 4.92. The monoisotopic (exact) mass is 200 g/mol. The molecule has 0 atom stereocenters. The van der Waals surface area contributed by atoms with Crippen molar-refractivity contribution in [3.05, 3.63) is 0 Å². The molecule has 1 aliphatic heterocycles. The quantitative estimate of drug-likeness (QED) is 0.692. The highest BCUT2D eigenvalue weighted by atomic mass is 16.6. The Balaban J connectivity index is 2.52. The van der Waals surface area contributed by atoms with Gasteiger partial charge in [0.15, 0.2) is 0 Å². The zero-order chi connectivity index (χ0) is 11.0. The van der Waals surface area contributed by atoms with Crippen LogP contribution in [-0.2, 0) is 4.74 Å². The lowest BCUT2D eigenvalue weighted by Gasteiger charge is -2.46. The lowest BCUT2D eigenvalue weighted by molar-refractivity contribution is -0.00276. The van der Waals surface area contributed by atoms with Gasteiger partial charge in [0.25, 0.3) is 0 Å². The van der Waals surface area contributed by atoms with Crippen molar-refractivity contribution >= 4 is 6.09 Å². The molecule has 0 aromatic carbocycles. The maximum atomic E-state index is 11.7. The molecular formula is C10H20N2O2. The molecule has 1 heterocycles. The fourth-order valence-corrected chi connectivity index (χ4v) is 1.27. The Labute approximate surface area is 85.6 Å². The first-order valence-corrected chi connectivity index (χ1v) is 4.92. The fourth-order valence-electron chi connectivity index (χ4n) is 1.27. The third kappa shape index (κ3) is 2.38. The van der Waals surface area contributed by atoms with Crippen LogP contribution in [0.4, 0.5) is 4.79 Å². The maximum absolute atomic E-state index is 11.7. The average molecular weight is 200 g/mol. The largest absolute Gasteiger partial charge is 0.444 e. The average Bonchev–Trinajstić information content (AvgIpc) is 1.95. The van der Waals surface area contributed by atoms with Gasteiger partial charge in [-0.15, -0.1) is 0 Å². The smallest absolute Gasteiger partial charge is 0.410 e. The van der Waals surface area contributed by atoms with E-state index in [9.17, 15) is 4.79 Å². The second-order valence-corrected chi connectivity index (χ2v) is 5.14. The molecule has 0 aromatic rings. The number of nitrogens with zero attached hydrogens (tertiary/aromatic N) is 1. The van der Waals surface area contributed by atoms with Gasteiger partial charge < -0.3 is 15.0 Å².